The Hall–Kier alpha value is -2.12. The first kappa shape index (κ1) is 17.7. The maximum atomic E-state index is 12.7. The molecule has 1 aromatic carbocycles. The molecule has 2 aliphatic rings. The number of benzene rings is 1. The van der Waals surface area contributed by atoms with E-state index < -0.39 is 5.60 Å². The number of likely N-dealkylation sites (tertiary alicyclic amines) is 1. The number of hydrogen-bond acceptors (Lipinski definition) is 5. The fourth-order valence-electron chi connectivity index (χ4n) is 3.31. The lowest BCUT2D eigenvalue weighted by atomic mass is 10.0. The number of amides is 2. The molecular weight excluding hydrogens is 322 g/mol. The van der Waals surface area contributed by atoms with Crippen molar-refractivity contribution in [1.29, 1.82) is 0 Å². The van der Waals surface area contributed by atoms with Crippen LogP contribution in [0.1, 0.15) is 23.2 Å². The number of rotatable bonds is 5. The highest BCUT2D eigenvalue weighted by atomic mass is 16.5. The standard InChI is InChI=1S/C18H25N3O4/c1-20-12-18(25-11-16(20)22)7-9-21(13-18)17(23)14-3-5-15(6-4-14)24-10-2-8-19/h3-6H,2,7-13,19H2,1H3/t18-/m1/s1. The monoisotopic (exact) mass is 347 g/mol. The second kappa shape index (κ2) is 7.41. The zero-order valence-electron chi connectivity index (χ0n) is 14.6. The van der Waals surface area contributed by atoms with E-state index in [0.29, 0.717) is 38.3 Å². The summed E-state index contributed by atoms with van der Waals surface area (Å²) in [6.07, 6.45) is 1.55. The third kappa shape index (κ3) is 3.93. The molecule has 7 heteroatoms. The number of morpholine rings is 1. The van der Waals surface area contributed by atoms with Gasteiger partial charge in [0.2, 0.25) is 5.91 Å². The molecule has 2 amide bonds. The van der Waals surface area contributed by atoms with Crippen molar-refractivity contribution in [1.82, 2.24) is 9.80 Å². The molecule has 7 nitrogen and oxygen atoms in total. The normalized spacial score (nSPS) is 23.4. The van der Waals surface area contributed by atoms with Gasteiger partial charge < -0.3 is 25.0 Å². The molecule has 0 aromatic heterocycles. The minimum absolute atomic E-state index is 0.0133. The molecule has 1 aromatic rings. The smallest absolute Gasteiger partial charge is 0.253 e. The van der Waals surface area contributed by atoms with E-state index in [2.05, 4.69) is 0 Å². The summed E-state index contributed by atoms with van der Waals surface area (Å²) in [7, 11) is 1.78. The van der Waals surface area contributed by atoms with Gasteiger partial charge >= 0.3 is 0 Å². The Kier molecular flexibility index (Phi) is 5.24. The quantitative estimate of drug-likeness (QED) is 0.784. The van der Waals surface area contributed by atoms with Crippen LogP contribution in [0.4, 0.5) is 0 Å². The Balaban J connectivity index is 1.59. The van der Waals surface area contributed by atoms with E-state index in [-0.39, 0.29) is 18.4 Å². The summed E-state index contributed by atoms with van der Waals surface area (Å²) in [5, 5.41) is 0. The highest BCUT2D eigenvalue weighted by molar-refractivity contribution is 5.94. The van der Waals surface area contributed by atoms with E-state index in [1.165, 1.54) is 0 Å². The summed E-state index contributed by atoms with van der Waals surface area (Å²) in [5.41, 5.74) is 5.64. The van der Waals surface area contributed by atoms with Gasteiger partial charge in [0.15, 0.2) is 0 Å². The van der Waals surface area contributed by atoms with E-state index in [0.717, 1.165) is 18.6 Å². The lowest BCUT2D eigenvalue weighted by Gasteiger charge is -2.38. The Morgan fingerprint density at radius 3 is 2.76 bits per heavy atom. The fraction of sp³-hybridized carbons (Fsp3) is 0.556. The molecule has 0 bridgehead atoms. The highest BCUT2D eigenvalue weighted by Gasteiger charge is 2.45. The minimum Gasteiger partial charge on any atom is -0.494 e. The molecule has 2 fully saturated rings. The Bertz CT molecular complexity index is 634. The zero-order valence-corrected chi connectivity index (χ0v) is 14.6. The van der Waals surface area contributed by atoms with Crippen LogP contribution in [0.15, 0.2) is 24.3 Å². The molecule has 1 atom stereocenters. The van der Waals surface area contributed by atoms with E-state index >= 15 is 0 Å². The van der Waals surface area contributed by atoms with Crippen LogP contribution in [-0.2, 0) is 9.53 Å². The van der Waals surface area contributed by atoms with Crippen LogP contribution in [0, 0.1) is 0 Å². The largest absolute Gasteiger partial charge is 0.494 e. The average molecular weight is 347 g/mol. The summed E-state index contributed by atoms with van der Waals surface area (Å²) >= 11 is 0. The number of hydrogen-bond donors (Lipinski definition) is 1. The predicted octanol–water partition coefficient (Wildman–Crippen LogP) is 0.488. The van der Waals surface area contributed by atoms with Crippen molar-refractivity contribution in [3.8, 4) is 5.75 Å². The minimum atomic E-state index is -0.427. The van der Waals surface area contributed by atoms with Crippen molar-refractivity contribution < 1.29 is 19.1 Å². The molecule has 0 unspecified atom stereocenters. The number of nitrogens with zero attached hydrogens (tertiary/aromatic N) is 2. The van der Waals surface area contributed by atoms with Crippen LogP contribution >= 0.6 is 0 Å². The van der Waals surface area contributed by atoms with E-state index in [9.17, 15) is 9.59 Å². The van der Waals surface area contributed by atoms with E-state index in [1.54, 1.807) is 41.1 Å². The third-order valence-electron chi connectivity index (χ3n) is 4.77. The van der Waals surface area contributed by atoms with Crippen LogP contribution in [0.2, 0.25) is 0 Å². The van der Waals surface area contributed by atoms with Crippen LogP contribution in [0.5, 0.6) is 5.75 Å². The summed E-state index contributed by atoms with van der Waals surface area (Å²) in [5.74, 6) is 0.702. The maximum Gasteiger partial charge on any atom is 0.253 e. The Morgan fingerprint density at radius 2 is 2.08 bits per heavy atom. The summed E-state index contributed by atoms with van der Waals surface area (Å²) < 4.78 is 11.3. The highest BCUT2D eigenvalue weighted by Crippen LogP contribution is 2.30. The number of likely N-dealkylation sites (N-methyl/N-ethyl adjacent to an activating group) is 1. The van der Waals surface area contributed by atoms with Crippen molar-refractivity contribution in [2.75, 3.05) is 46.4 Å². The molecule has 0 saturated carbocycles. The molecular formula is C18H25N3O4. The summed E-state index contributed by atoms with van der Waals surface area (Å²) in [4.78, 5) is 27.8. The third-order valence-corrected chi connectivity index (χ3v) is 4.77. The number of carbonyl (C=O) groups is 2. The van der Waals surface area contributed by atoms with Crippen molar-refractivity contribution >= 4 is 11.8 Å². The van der Waals surface area contributed by atoms with Crippen molar-refractivity contribution in [3.05, 3.63) is 29.8 Å². The maximum absolute atomic E-state index is 12.7. The summed E-state index contributed by atoms with van der Waals surface area (Å²) in [6, 6.07) is 7.17. The average Bonchev–Trinajstić information content (AvgIpc) is 3.02. The van der Waals surface area contributed by atoms with Gasteiger partial charge in [-0.15, -0.1) is 0 Å². The second-order valence-corrected chi connectivity index (χ2v) is 6.71. The lowest BCUT2D eigenvalue weighted by molar-refractivity contribution is -0.158. The van der Waals surface area contributed by atoms with Gasteiger partial charge in [-0.25, -0.2) is 0 Å². The number of carbonyl (C=O) groups excluding carboxylic acids is 2. The van der Waals surface area contributed by atoms with Crippen molar-refractivity contribution in [2.24, 2.45) is 5.73 Å². The van der Waals surface area contributed by atoms with Crippen molar-refractivity contribution in [2.45, 2.75) is 18.4 Å². The van der Waals surface area contributed by atoms with Gasteiger partial charge in [-0.2, -0.15) is 0 Å². The van der Waals surface area contributed by atoms with Crippen LogP contribution in [0.3, 0.4) is 0 Å². The van der Waals surface area contributed by atoms with Gasteiger partial charge in [0, 0.05) is 19.2 Å². The molecule has 0 radical (unpaired) electrons. The topological polar surface area (TPSA) is 85.1 Å². The van der Waals surface area contributed by atoms with Gasteiger partial charge in [-0.3, -0.25) is 9.59 Å². The molecule has 2 heterocycles. The SMILES string of the molecule is CN1C[C@@]2(CCN(C(=O)c3ccc(OCCCN)cc3)C2)OCC1=O. The fourth-order valence-corrected chi connectivity index (χ4v) is 3.31. The number of nitrogens with two attached hydrogens (primary N) is 1. The van der Waals surface area contributed by atoms with Crippen LogP contribution in [0.25, 0.3) is 0 Å². The Morgan fingerprint density at radius 1 is 1.32 bits per heavy atom. The first-order valence-electron chi connectivity index (χ1n) is 8.63. The van der Waals surface area contributed by atoms with Crippen LogP contribution in [-0.4, -0.2) is 73.7 Å². The van der Waals surface area contributed by atoms with Gasteiger partial charge in [0.05, 0.1) is 19.7 Å². The van der Waals surface area contributed by atoms with Crippen molar-refractivity contribution in [3.63, 3.8) is 0 Å². The molecule has 0 aliphatic carbocycles. The molecule has 2 N–H and O–H groups in total. The lowest BCUT2D eigenvalue weighted by Crippen LogP contribution is -2.54. The molecule has 136 valence electrons. The van der Waals surface area contributed by atoms with Gasteiger partial charge in [-0.1, -0.05) is 0 Å². The molecule has 3 rings (SSSR count). The van der Waals surface area contributed by atoms with Gasteiger partial charge in [-0.05, 0) is 43.7 Å². The molecule has 25 heavy (non-hydrogen) atoms. The first-order valence-corrected chi connectivity index (χ1v) is 8.63. The summed E-state index contributed by atoms with van der Waals surface area (Å²) in [6.45, 7) is 2.93. The van der Waals surface area contributed by atoms with E-state index in [4.69, 9.17) is 15.2 Å². The molecule has 1 spiro atoms. The van der Waals surface area contributed by atoms with Gasteiger partial charge in [0.1, 0.15) is 18.0 Å². The number of ether oxygens (including phenoxy) is 2. The van der Waals surface area contributed by atoms with Gasteiger partial charge in [0.25, 0.3) is 5.91 Å². The Labute approximate surface area is 147 Å². The zero-order chi connectivity index (χ0) is 17.9. The first-order chi connectivity index (χ1) is 12.0. The van der Waals surface area contributed by atoms with Crippen LogP contribution < -0.4 is 10.5 Å². The molecule has 2 aliphatic heterocycles. The molecule has 2 saturated heterocycles. The van der Waals surface area contributed by atoms with E-state index in [1.807, 2.05) is 0 Å². The predicted molar refractivity (Wildman–Crippen MR) is 92.4 cm³/mol. The second-order valence-electron chi connectivity index (χ2n) is 6.71.